The minimum atomic E-state index is 0.339. The summed E-state index contributed by atoms with van der Waals surface area (Å²) in [5.74, 6) is 1.82. The van der Waals surface area contributed by atoms with Crippen molar-refractivity contribution in [2.45, 2.75) is 32.8 Å². The van der Waals surface area contributed by atoms with Crippen molar-refractivity contribution in [2.24, 2.45) is 0 Å². The summed E-state index contributed by atoms with van der Waals surface area (Å²) in [6.45, 7) is 8.80. The quantitative estimate of drug-likeness (QED) is 0.580. The van der Waals surface area contributed by atoms with E-state index in [1.165, 1.54) is 0 Å². The maximum absolute atomic E-state index is 5.81. The van der Waals surface area contributed by atoms with E-state index >= 15 is 0 Å². The van der Waals surface area contributed by atoms with E-state index in [2.05, 4.69) is 43.0 Å². The minimum absolute atomic E-state index is 0.339. The van der Waals surface area contributed by atoms with Crippen LogP contribution in [0.2, 0.25) is 0 Å². The van der Waals surface area contributed by atoms with Gasteiger partial charge in [0.05, 0.1) is 5.69 Å². The monoisotopic (exact) mass is 348 g/mol. The zero-order valence-corrected chi connectivity index (χ0v) is 15.2. The van der Waals surface area contributed by atoms with E-state index in [0.717, 1.165) is 28.3 Å². The molecule has 0 amide bonds. The number of anilines is 1. The topological polar surface area (TPSA) is 47.3 Å². The molecule has 1 heterocycles. The Labute approximate surface area is 154 Å². The van der Waals surface area contributed by atoms with Gasteiger partial charge in [0, 0.05) is 18.2 Å². The smallest absolute Gasteiger partial charge is 0.229 e. The molecule has 0 fully saturated rings. The van der Waals surface area contributed by atoms with Crippen molar-refractivity contribution in [1.29, 1.82) is 0 Å². The van der Waals surface area contributed by atoms with Crippen molar-refractivity contribution in [1.82, 2.24) is 5.16 Å². The molecule has 0 aliphatic carbocycles. The molecule has 0 aliphatic heterocycles. The summed E-state index contributed by atoms with van der Waals surface area (Å²) in [4.78, 5) is 0. The first-order valence-electron chi connectivity index (χ1n) is 8.77. The van der Waals surface area contributed by atoms with Crippen LogP contribution in [0.5, 0.6) is 5.75 Å². The van der Waals surface area contributed by atoms with Gasteiger partial charge in [-0.25, -0.2) is 0 Å². The molecule has 0 radical (unpaired) electrons. The van der Waals surface area contributed by atoms with Crippen molar-refractivity contribution in [3.8, 4) is 5.75 Å². The molecule has 134 valence electrons. The third-order valence-corrected chi connectivity index (χ3v) is 4.01. The van der Waals surface area contributed by atoms with Crippen LogP contribution in [0.3, 0.4) is 0 Å². The number of hydrogen-bond acceptors (Lipinski definition) is 4. The van der Waals surface area contributed by atoms with Gasteiger partial charge in [-0.05, 0) is 29.2 Å². The van der Waals surface area contributed by atoms with Gasteiger partial charge in [-0.2, -0.15) is 0 Å². The molecule has 3 rings (SSSR count). The highest BCUT2D eigenvalue weighted by atomic mass is 16.5. The largest absolute Gasteiger partial charge is 0.489 e. The molecule has 0 saturated carbocycles. The Hall–Kier alpha value is -3.01. The van der Waals surface area contributed by atoms with Crippen LogP contribution >= 0.6 is 0 Å². The standard InChI is InChI=1S/C22H24N2O2/c1-16(2)21-14-22(26-24-21)23-17(3)13-18-9-11-20(12-10-18)25-15-19-7-5-4-6-8-19/h4-12,14,16,23H,3,13,15H2,1-2H3. The molecule has 1 aromatic heterocycles. The second-order valence-electron chi connectivity index (χ2n) is 6.59. The maximum Gasteiger partial charge on any atom is 0.229 e. The molecule has 0 spiro atoms. The van der Waals surface area contributed by atoms with Gasteiger partial charge in [-0.15, -0.1) is 0 Å². The summed E-state index contributed by atoms with van der Waals surface area (Å²) in [6, 6.07) is 20.1. The zero-order chi connectivity index (χ0) is 18.4. The molecule has 4 nitrogen and oxygen atoms in total. The average Bonchev–Trinajstić information content (AvgIpc) is 3.11. The van der Waals surface area contributed by atoms with E-state index in [0.29, 0.717) is 24.8 Å². The summed E-state index contributed by atoms with van der Waals surface area (Å²) >= 11 is 0. The lowest BCUT2D eigenvalue weighted by Gasteiger charge is -2.09. The van der Waals surface area contributed by atoms with Crippen LogP contribution in [0, 0.1) is 0 Å². The lowest BCUT2D eigenvalue weighted by Crippen LogP contribution is -2.01. The summed E-state index contributed by atoms with van der Waals surface area (Å²) < 4.78 is 11.1. The molecule has 1 N–H and O–H groups in total. The maximum atomic E-state index is 5.81. The second-order valence-corrected chi connectivity index (χ2v) is 6.59. The highest BCUT2D eigenvalue weighted by Gasteiger charge is 2.08. The minimum Gasteiger partial charge on any atom is -0.489 e. The van der Waals surface area contributed by atoms with Crippen LogP contribution < -0.4 is 10.1 Å². The highest BCUT2D eigenvalue weighted by Crippen LogP contribution is 2.20. The Morgan fingerprint density at radius 3 is 2.46 bits per heavy atom. The molecule has 4 heteroatoms. The first-order chi connectivity index (χ1) is 12.6. The number of rotatable bonds is 8. The number of ether oxygens (including phenoxy) is 1. The van der Waals surface area contributed by atoms with Crippen LogP contribution in [0.15, 0.2) is 77.5 Å². The molecule has 0 unspecified atom stereocenters. The molecule has 0 saturated heterocycles. The van der Waals surface area contributed by atoms with E-state index in [-0.39, 0.29) is 0 Å². The van der Waals surface area contributed by atoms with Crippen molar-refractivity contribution >= 4 is 5.88 Å². The van der Waals surface area contributed by atoms with Gasteiger partial charge >= 0.3 is 0 Å². The van der Waals surface area contributed by atoms with Crippen molar-refractivity contribution < 1.29 is 9.26 Å². The highest BCUT2D eigenvalue weighted by molar-refractivity contribution is 5.41. The van der Waals surface area contributed by atoms with Crippen LogP contribution in [-0.2, 0) is 13.0 Å². The predicted molar refractivity (Wildman–Crippen MR) is 104 cm³/mol. The van der Waals surface area contributed by atoms with Gasteiger partial charge in [-0.3, -0.25) is 0 Å². The Bertz CT molecular complexity index is 836. The number of nitrogens with one attached hydrogen (secondary N) is 1. The molecule has 2 aromatic carbocycles. The Morgan fingerprint density at radius 2 is 1.81 bits per heavy atom. The first kappa shape index (κ1) is 17.8. The van der Waals surface area contributed by atoms with E-state index in [4.69, 9.17) is 9.26 Å². The predicted octanol–water partition coefficient (Wildman–Crippen LogP) is 5.55. The van der Waals surface area contributed by atoms with Gasteiger partial charge in [0.2, 0.25) is 5.88 Å². The SMILES string of the molecule is C=C(Cc1ccc(OCc2ccccc2)cc1)Nc1cc(C(C)C)no1. The number of hydrogen-bond donors (Lipinski definition) is 1. The third kappa shape index (κ3) is 4.99. The Balaban J connectivity index is 1.50. The van der Waals surface area contributed by atoms with E-state index in [1.54, 1.807) is 0 Å². The molecule has 0 bridgehead atoms. The summed E-state index contributed by atoms with van der Waals surface area (Å²) in [7, 11) is 0. The number of nitrogens with zero attached hydrogens (tertiary/aromatic N) is 1. The summed E-state index contributed by atoms with van der Waals surface area (Å²) in [6.07, 6.45) is 0.705. The first-order valence-corrected chi connectivity index (χ1v) is 8.77. The fourth-order valence-electron chi connectivity index (χ4n) is 2.53. The molecule has 26 heavy (non-hydrogen) atoms. The molecule has 0 atom stereocenters. The van der Waals surface area contributed by atoms with Gasteiger partial charge in [0.15, 0.2) is 0 Å². The van der Waals surface area contributed by atoms with Crippen molar-refractivity contribution in [2.75, 3.05) is 5.32 Å². The van der Waals surface area contributed by atoms with Gasteiger partial charge in [0.25, 0.3) is 0 Å². The Kier molecular flexibility index (Phi) is 5.74. The Morgan fingerprint density at radius 1 is 1.08 bits per heavy atom. The molecular formula is C22H24N2O2. The van der Waals surface area contributed by atoms with Crippen LogP contribution in [-0.4, -0.2) is 5.16 Å². The molecular weight excluding hydrogens is 324 g/mol. The fourth-order valence-corrected chi connectivity index (χ4v) is 2.53. The third-order valence-electron chi connectivity index (χ3n) is 4.01. The van der Waals surface area contributed by atoms with E-state index in [1.807, 2.05) is 48.5 Å². The van der Waals surface area contributed by atoms with Gasteiger partial charge in [0.1, 0.15) is 12.4 Å². The van der Waals surface area contributed by atoms with Crippen molar-refractivity contribution in [3.63, 3.8) is 0 Å². The van der Waals surface area contributed by atoms with Gasteiger partial charge < -0.3 is 14.6 Å². The summed E-state index contributed by atoms with van der Waals surface area (Å²) in [5.41, 5.74) is 4.09. The fraction of sp³-hybridized carbons (Fsp3) is 0.227. The summed E-state index contributed by atoms with van der Waals surface area (Å²) in [5, 5.41) is 7.21. The lowest BCUT2D eigenvalue weighted by molar-refractivity contribution is 0.306. The normalized spacial score (nSPS) is 10.7. The lowest BCUT2D eigenvalue weighted by atomic mass is 10.1. The number of benzene rings is 2. The number of aromatic nitrogens is 1. The average molecular weight is 348 g/mol. The van der Waals surface area contributed by atoms with E-state index < -0.39 is 0 Å². The van der Waals surface area contributed by atoms with E-state index in [9.17, 15) is 0 Å². The van der Waals surface area contributed by atoms with Crippen LogP contribution in [0.4, 0.5) is 5.88 Å². The zero-order valence-electron chi connectivity index (χ0n) is 15.2. The van der Waals surface area contributed by atoms with Crippen molar-refractivity contribution in [3.05, 3.63) is 89.8 Å². The molecule has 3 aromatic rings. The van der Waals surface area contributed by atoms with Crippen LogP contribution in [0.25, 0.3) is 0 Å². The second kappa shape index (κ2) is 8.39. The molecule has 0 aliphatic rings. The van der Waals surface area contributed by atoms with Crippen LogP contribution in [0.1, 0.15) is 36.6 Å². The number of allylic oxidation sites excluding steroid dienone is 1. The van der Waals surface area contributed by atoms with Gasteiger partial charge in [-0.1, -0.05) is 68.0 Å².